The average Bonchev–Trinajstić information content (AvgIpc) is 3.43. The van der Waals surface area contributed by atoms with Gasteiger partial charge in [-0.1, -0.05) is 22.9 Å². The number of thiazole rings is 1. The van der Waals surface area contributed by atoms with Gasteiger partial charge in [-0.2, -0.15) is 4.80 Å². The lowest BCUT2D eigenvalue weighted by molar-refractivity contribution is -0.274. The predicted octanol–water partition coefficient (Wildman–Crippen LogP) is 3.44. The standard InChI is InChI=1S/C18H15ClF3N7OS/c1-27-25-16(24-26-27)15-5-23-17(31-15)29-8-10-6-28(7-11(10)9-29)14-4-12(2-3-13(14)19)30-18(20,21)22/h1-5,10-11H,6-9H2. The van der Waals surface area contributed by atoms with Gasteiger partial charge in [0.1, 0.15) is 12.8 Å². The van der Waals surface area contributed by atoms with Crippen molar-refractivity contribution in [1.29, 1.82) is 0 Å². The molecule has 2 aromatic heterocycles. The number of tetrazole rings is 1. The normalized spacial score (nSPS) is 21.1. The SMILES string of the molecule is [CH]n1nnc(-c2cnc(N3CC4CN(c5cc(OC(F)(F)F)ccc5Cl)CC4C3)s2)n1. The summed E-state index contributed by atoms with van der Waals surface area (Å²) in [5.41, 5.74) is 0.553. The Kier molecular flexibility index (Phi) is 4.93. The summed E-state index contributed by atoms with van der Waals surface area (Å²) >= 11 is 7.73. The van der Waals surface area contributed by atoms with Gasteiger partial charge in [-0.3, -0.25) is 0 Å². The molecule has 2 radical (unpaired) electrons. The number of benzene rings is 1. The summed E-state index contributed by atoms with van der Waals surface area (Å²) in [6, 6.07) is 4.00. The monoisotopic (exact) mass is 469 g/mol. The highest BCUT2D eigenvalue weighted by Crippen LogP contribution is 2.41. The smallest absolute Gasteiger partial charge is 0.406 e. The molecule has 2 saturated heterocycles. The molecule has 0 spiro atoms. The number of halogens is 4. The van der Waals surface area contributed by atoms with Gasteiger partial charge in [-0.25, -0.2) is 4.98 Å². The number of fused-ring (bicyclic) bond motifs is 1. The first-order valence-corrected chi connectivity index (χ1v) is 10.5. The van der Waals surface area contributed by atoms with Crippen LogP contribution in [0.4, 0.5) is 24.0 Å². The third kappa shape index (κ3) is 4.13. The molecule has 2 fully saturated rings. The molecule has 31 heavy (non-hydrogen) atoms. The van der Waals surface area contributed by atoms with E-state index in [1.54, 1.807) is 6.20 Å². The van der Waals surface area contributed by atoms with Crippen LogP contribution < -0.4 is 14.5 Å². The molecule has 2 aliphatic heterocycles. The first-order valence-electron chi connectivity index (χ1n) is 9.31. The summed E-state index contributed by atoms with van der Waals surface area (Å²) < 4.78 is 41.7. The van der Waals surface area contributed by atoms with E-state index >= 15 is 0 Å². The molecule has 13 heteroatoms. The zero-order valence-corrected chi connectivity index (χ0v) is 17.4. The van der Waals surface area contributed by atoms with Crippen LogP contribution >= 0.6 is 22.9 Å². The van der Waals surface area contributed by atoms with Crippen LogP contribution in [0.25, 0.3) is 10.7 Å². The Morgan fingerprint density at radius 3 is 2.48 bits per heavy atom. The van der Waals surface area contributed by atoms with Crippen LogP contribution in [0.3, 0.4) is 0 Å². The van der Waals surface area contributed by atoms with Crippen molar-refractivity contribution in [2.24, 2.45) is 11.8 Å². The van der Waals surface area contributed by atoms with Crippen LogP contribution in [0.2, 0.25) is 5.02 Å². The average molecular weight is 470 g/mol. The zero-order chi connectivity index (χ0) is 21.8. The third-order valence-corrected chi connectivity index (χ3v) is 6.76. The molecule has 2 aliphatic rings. The number of alkyl halides is 3. The summed E-state index contributed by atoms with van der Waals surface area (Å²) in [7, 11) is 5.45. The number of rotatable bonds is 4. The predicted molar refractivity (Wildman–Crippen MR) is 108 cm³/mol. The first kappa shape index (κ1) is 20.3. The molecule has 2 atom stereocenters. The van der Waals surface area contributed by atoms with Gasteiger partial charge in [0.2, 0.25) is 5.82 Å². The molecule has 5 rings (SSSR count). The molecule has 0 saturated carbocycles. The van der Waals surface area contributed by atoms with Crippen molar-refractivity contribution in [3.8, 4) is 16.5 Å². The van der Waals surface area contributed by atoms with Crippen molar-refractivity contribution >= 4 is 33.8 Å². The van der Waals surface area contributed by atoms with E-state index in [-0.39, 0.29) is 5.75 Å². The van der Waals surface area contributed by atoms with Gasteiger partial charge in [0, 0.05) is 44.1 Å². The second kappa shape index (κ2) is 7.52. The van der Waals surface area contributed by atoms with Gasteiger partial charge in [-0.15, -0.1) is 23.4 Å². The van der Waals surface area contributed by atoms with Gasteiger partial charge in [0.05, 0.1) is 21.8 Å². The number of anilines is 2. The van der Waals surface area contributed by atoms with Crippen LogP contribution in [-0.4, -0.2) is 57.7 Å². The number of hydrogen-bond donors (Lipinski definition) is 0. The zero-order valence-electron chi connectivity index (χ0n) is 15.8. The maximum absolute atomic E-state index is 12.6. The maximum atomic E-state index is 12.6. The largest absolute Gasteiger partial charge is 0.573 e. The van der Waals surface area contributed by atoms with E-state index < -0.39 is 6.36 Å². The maximum Gasteiger partial charge on any atom is 0.573 e. The molecule has 3 aromatic rings. The van der Waals surface area contributed by atoms with Gasteiger partial charge >= 0.3 is 6.36 Å². The quantitative estimate of drug-likeness (QED) is 0.579. The Balaban J connectivity index is 1.26. The summed E-state index contributed by atoms with van der Waals surface area (Å²) in [6.07, 6.45) is -3.04. The highest BCUT2D eigenvalue weighted by molar-refractivity contribution is 7.18. The fraction of sp³-hybridized carbons (Fsp3) is 0.389. The van der Waals surface area contributed by atoms with Crippen molar-refractivity contribution in [2.75, 3.05) is 36.0 Å². The van der Waals surface area contributed by atoms with Crippen LogP contribution in [0, 0.1) is 18.9 Å². The second-order valence-electron chi connectivity index (χ2n) is 7.43. The Hall–Kier alpha value is -2.60. The van der Waals surface area contributed by atoms with Crippen LogP contribution in [-0.2, 0) is 0 Å². The molecule has 0 N–H and O–H groups in total. The minimum absolute atomic E-state index is 0.274. The van der Waals surface area contributed by atoms with E-state index in [1.807, 2.05) is 4.90 Å². The molecule has 0 bridgehead atoms. The lowest BCUT2D eigenvalue weighted by Crippen LogP contribution is -2.28. The summed E-state index contributed by atoms with van der Waals surface area (Å²) in [5.74, 6) is 0.841. The molecule has 0 amide bonds. The summed E-state index contributed by atoms with van der Waals surface area (Å²) in [4.78, 5) is 10.4. The highest BCUT2D eigenvalue weighted by Gasteiger charge is 2.41. The Morgan fingerprint density at radius 1 is 1.13 bits per heavy atom. The van der Waals surface area contributed by atoms with Gasteiger partial charge in [0.15, 0.2) is 5.13 Å². The molecule has 162 valence electrons. The lowest BCUT2D eigenvalue weighted by Gasteiger charge is -2.24. The molecule has 4 heterocycles. The third-order valence-electron chi connectivity index (χ3n) is 5.39. The van der Waals surface area contributed by atoms with E-state index in [0.717, 1.165) is 27.9 Å². The topological polar surface area (TPSA) is 72.2 Å². The van der Waals surface area contributed by atoms with Crippen molar-refractivity contribution in [3.63, 3.8) is 0 Å². The molecule has 1 aromatic carbocycles. The molecular weight excluding hydrogens is 455 g/mol. The van der Waals surface area contributed by atoms with E-state index in [9.17, 15) is 13.2 Å². The minimum Gasteiger partial charge on any atom is -0.406 e. The molecule has 8 nitrogen and oxygen atoms in total. The summed E-state index contributed by atoms with van der Waals surface area (Å²) in [6.45, 7) is 2.97. The number of nitrogens with zero attached hydrogens (tertiary/aromatic N) is 7. The fourth-order valence-electron chi connectivity index (χ4n) is 4.12. The Bertz CT molecular complexity index is 1090. The first-order chi connectivity index (χ1) is 14.7. The van der Waals surface area contributed by atoms with Gasteiger partial charge in [-0.05, 0) is 17.3 Å². The molecular formula is C18H15ClF3N7OS. The highest BCUT2D eigenvalue weighted by atomic mass is 35.5. The Labute approximate surface area is 184 Å². The minimum atomic E-state index is -4.74. The summed E-state index contributed by atoms with van der Waals surface area (Å²) in [5, 5.41) is 12.8. The Morgan fingerprint density at radius 2 is 1.84 bits per heavy atom. The van der Waals surface area contributed by atoms with E-state index in [0.29, 0.717) is 41.5 Å². The van der Waals surface area contributed by atoms with E-state index in [4.69, 9.17) is 18.6 Å². The van der Waals surface area contributed by atoms with Crippen LogP contribution in [0.1, 0.15) is 0 Å². The lowest BCUT2D eigenvalue weighted by atomic mass is 10.0. The van der Waals surface area contributed by atoms with E-state index in [1.165, 1.54) is 29.5 Å². The van der Waals surface area contributed by atoms with Crippen molar-refractivity contribution < 1.29 is 17.9 Å². The van der Waals surface area contributed by atoms with Gasteiger partial charge in [0.25, 0.3) is 0 Å². The van der Waals surface area contributed by atoms with Crippen molar-refractivity contribution in [2.45, 2.75) is 6.36 Å². The van der Waals surface area contributed by atoms with Crippen LogP contribution in [0.5, 0.6) is 5.75 Å². The fourth-order valence-corrected chi connectivity index (χ4v) is 5.21. The number of hydrogen-bond acceptors (Lipinski definition) is 8. The van der Waals surface area contributed by atoms with Gasteiger partial charge < -0.3 is 14.5 Å². The molecule has 0 aliphatic carbocycles. The number of aromatic nitrogens is 5. The molecule has 2 unspecified atom stereocenters. The van der Waals surface area contributed by atoms with Crippen LogP contribution in [0.15, 0.2) is 24.4 Å². The van der Waals surface area contributed by atoms with Crippen molar-refractivity contribution in [1.82, 2.24) is 25.2 Å². The van der Waals surface area contributed by atoms with Crippen molar-refractivity contribution in [3.05, 3.63) is 36.5 Å². The number of ether oxygens (including phenoxy) is 1. The van der Waals surface area contributed by atoms with E-state index in [2.05, 4.69) is 30.0 Å². The second-order valence-corrected chi connectivity index (χ2v) is 8.85.